The molecule has 180 valence electrons. The Morgan fingerprint density at radius 1 is 0.625 bits per heavy atom. The number of carbonyl (C=O) groups is 2. The minimum absolute atomic E-state index is 0.194. The Hall–Kier alpha value is -2.44. The molecule has 0 aliphatic carbocycles. The maximum Gasteiger partial charge on any atom is 0.330 e. The molecule has 0 radical (unpaired) electrons. The molecule has 32 heavy (non-hydrogen) atoms. The molecule has 0 rings (SSSR count). The van der Waals surface area contributed by atoms with E-state index in [-0.39, 0.29) is 25.6 Å². The molecule has 0 bridgehead atoms. The van der Waals surface area contributed by atoms with Crippen LogP contribution in [0.2, 0.25) is 0 Å². The molecule has 0 N–H and O–H groups in total. The molecule has 0 fully saturated rings. The zero-order valence-corrected chi connectivity index (χ0v) is 19.4. The van der Waals surface area contributed by atoms with Crippen LogP contribution in [0, 0.1) is 0 Å². The Bertz CT molecular complexity index is 577. The number of carbonyl (C=O) groups excluding carboxylic acids is 2. The topological polar surface area (TPSA) is 71.1 Å². The van der Waals surface area contributed by atoms with E-state index in [4.69, 9.17) is 18.9 Å². The van der Waals surface area contributed by atoms with Crippen LogP contribution in [-0.2, 0) is 28.5 Å². The third-order valence-electron chi connectivity index (χ3n) is 4.05. The lowest BCUT2D eigenvalue weighted by atomic mass is 10.2. The lowest BCUT2D eigenvalue weighted by molar-refractivity contribution is -0.145. The van der Waals surface area contributed by atoms with E-state index in [0.717, 1.165) is 38.5 Å². The first-order chi connectivity index (χ1) is 15.7. The standard InChI is InChI=1S/C26H40O6/c1-3-5-7-9-11-15-19-29-21-23-31-25(27)17-13-14-18-26(28)32-24-22-30-20-16-12-10-8-6-4-2/h3-4,11-13,15-17H,1-2,5-10,14,18-24H2. The fraction of sp³-hybridized carbons (Fsp3) is 0.538. The summed E-state index contributed by atoms with van der Waals surface area (Å²) in [6.45, 7) is 9.49. The molecule has 0 aromatic heterocycles. The number of allylic oxidation sites excluding steroid dienone is 5. The number of hydrogen-bond acceptors (Lipinski definition) is 6. The van der Waals surface area contributed by atoms with Gasteiger partial charge in [-0.2, -0.15) is 0 Å². The van der Waals surface area contributed by atoms with Gasteiger partial charge in [-0.1, -0.05) is 42.5 Å². The van der Waals surface area contributed by atoms with Gasteiger partial charge in [-0.25, -0.2) is 4.79 Å². The Morgan fingerprint density at radius 2 is 1.19 bits per heavy atom. The van der Waals surface area contributed by atoms with E-state index in [1.807, 2.05) is 24.3 Å². The van der Waals surface area contributed by atoms with Crippen molar-refractivity contribution in [1.29, 1.82) is 0 Å². The van der Waals surface area contributed by atoms with Gasteiger partial charge in [0.15, 0.2) is 0 Å². The Labute approximate surface area is 193 Å². The van der Waals surface area contributed by atoms with Gasteiger partial charge in [0.1, 0.15) is 13.2 Å². The molecule has 0 spiro atoms. The average Bonchev–Trinajstić information content (AvgIpc) is 2.79. The van der Waals surface area contributed by atoms with Crippen LogP contribution in [0.15, 0.2) is 61.8 Å². The number of hydrogen-bond donors (Lipinski definition) is 0. The summed E-state index contributed by atoms with van der Waals surface area (Å²) in [6.07, 6.45) is 21.6. The fourth-order valence-corrected chi connectivity index (χ4v) is 2.35. The van der Waals surface area contributed by atoms with E-state index in [1.165, 1.54) is 6.08 Å². The predicted molar refractivity (Wildman–Crippen MR) is 128 cm³/mol. The van der Waals surface area contributed by atoms with Crippen LogP contribution in [0.1, 0.15) is 51.4 Å². The Kier molecular flexibility index (Phi) is 22.9. The van der Waals surface area contributed by atoms with E-state index in [0.29, 0.717) is 32.8 Å². The molecule has 0 aromatic rings. The Morgan fingerprint density at radius 3 is 1.75 bits per heavy atom. The highest BCUT2D eigenvalue weighted by molar-refractivity contribution is 5.82. The number of ether oxygens (including phenoxy) is 4. The summed E-state index contributed by atoms with van der Waals surface area (Å²) in [5.74, 6) is -0.773. The Balaban J connectivity index is 3.50. The van der Waals surface area contributed by atoms with Crippen LogP contribution in [0.4, 0.5) is 0 Å². The molecule has 0 unspecified atom stereocenters. The normalized spacial score (nSPS) is 11.4. The largest absolute Gasteiger partial charge is 0.463 e. The van der Waals surface area contributed by atoms with Crippen molar-refractivity contribution in [3.05, 3.63) is 61.8 Å². The smallest absolute Gasteiger partial charge is 0.330 e. The molecule has 0 aliphatic heterocycles. The quantitative estimate of drug-likeness (QED) is 0.0973. The zero-order valence-electron chi connectivity index (χ0n) is 19.4. The van der Waals surface area contributed by atoms with Crippen LogP contribution >= 0.6 is 0 Å². The minimum atomic E-state index is -0.451. The van der Waals surface area contributed by atoms with E-state index in [1.54, 1.807) is 6.08 Å². The molecule has 0 aromatic carbocycles. The number of rotatable bonds is 22. The molecule has 6 nitrogen and oxygen atoms in total. The van der Waals surface area contributed by atoms with E-state index in [2.05, 4.69) is 25.3 Å². The van der Waals surface area contributed by atoms with Crippen molar-refractivity contribution in [1.82, 2.24) is 0 Å². The van der Waals surface area contributed by atoms with Gasteiger partial charge in [-0.05, 0) is 44.9 Å². The second-order valence-corrected chi connectivity index (χ2v) is 6.86. The molecule has 6 heteroatoms. The summed E-state index contributed by atoms with van der Waals surface area (Å²) < 4.78 is 20.8. The lowest BCUT2D eigenvalue weighted by Crippen LogP contribution is -2.10. The fourth-order valence-electron chi connectivity index (χ4n) is 2.35. The average molecular weight is 449 g/mol. The molecule has 0 saturated heterocycles. The van der Waals surface area contributed by atoms with Gasteiger partial charge in [0.2, 0.25) is 0 Å². The highest BCUT2D eigenvalue weighted by Gasteiger charge is 2.01. The second kappa shape index (κ2) is 24.8. The van der Waals surface area contributed by atoms with Crippen molar-refractivity contribution in [3.63, 3.8) is 0 Å². The third-order valence-corrected chi connectivity index (χ3v) is 4.05. The molecular weight excluding hydrogens is 408 g/mol. The van der Waals surface area contributed by atoms with Crippen molar-refractivity contribution < 1.29 is 28.5 Å². The molecule has 0 aliphatic rings. The summed E-state index contributed by atoms with van der Waals surface area (Å²) in [5.41, 5.74) is 0. The van der Waals surface area contributed by atoms with E-state index >= 15 is 0 Å². The van der Waals surface area contributed by atoms with Gasteiger partial charge < -0.3 is 18.9 Å². The number of esters is 2. The monoisotopic (exact) mass is 448 g/mol. The van der Waals surface area contributed by atoms with Gasteiger partial charge in [0.25, 0.3) is 0 Å². The molecule has 0 saturated carbocycles. The maximum atomic E-state index is 11.6. The van der Waals surface area contributed by atoms with Crippen molar-refractivity contribution in [2.45, 2.75) is 51.4 Å². The number of unbranched alkanes of at least 4 members (excludes halogenated alkanes) is 4. The molecule has 0 heterocycles. The van der Waals surface area contributed by atoms with Gasteiger partial charge in [0, 0.05) is 12.5 Å². The molecule has 0 amide bonds. The summed E-state index contributed by atoms with van der Waals surface area (Å²) in [7, 11) is 0. The van der Waals surface area contributed by atoms with Crippen LogP contribution in [0.5, 0.6) is 0 Å². The summed E-state index contributed by atoms with van der Waals surface area (Å²) in [6, 6.07) is 0. The van der Waals surface area contributed by atoms with Crippen LogP contribution in [0.3, 0.4) is 0 Å². The van der Waals surface area contributed by atoms with Crippen molar-refractivity contribution >= 4 is 11.9 Å². The van der Waals surface area contributed by atoms with Crippen molar-refractivity contribution in [3.8, 4) is 0 Å². The highest BCUT2D eigenvalue weighted by Crippen LogP contribution is 1.98. The third kappa shape index (κ3) is 23.8. The summed E-state index contributed by atoms with van der Waals surface area (Å²) in [5, 5.41) is 0. The second-order valence-electron chi connectivity index (χ2n) is 6.86. The van der Waals surface area contributed by atoms with E-state index in [9.17, 15) is 9.59 Å². The van der Waals surface area contributed by atoms with Crippen LogP contribution in [-0.4, -0.2) is 51.6 Å². The van der Waals surface area contributed by atoms with E-state index < -0.39 is 5.97 Å². The maximum absolute atomic E-state index is 11.6. The zero-order chi connectivity index (χ0) is 23.5. The first-order valence-electron chi connectivity index (χ1n) is 11.4. The first kappa shape index (κ1) is 29.6. The SMILES string of the molecule is C=CCCCC=CCOCCOC(=O)C=CCCC(=O)OCCOCC=CCCCC=C. The van der Waals surface area contributed by atoms with Crippen molar-refractivity contribution in [2.75, 3.05) is 39.6 Å². The van der Waals surface area contributed by atoms with Gasteiger partial charge in [-0.3, -0.25) is 4.79 Å². The first-order valence-corrected chi connectivity index (χ1v) is 11.4. The van der Waals surface area contributed by atoms with Gasteiger partial charge in [-0.15, -0.1) is 13.2 Å². The van der Waals surface area contributed by atoms with Gasteiger partial charge in [0.05, 0.1) is 26.4 Å². The summed E-state index contributed by atoms with van der Waals surface area (Å²) in [4.78, 5) is 23.2. The summed E-state index contributed by atoms with van der Waals surface area (Å²) >= 11 is 0. The predicted octanol–water partition coefficient (Wildman–Crippen LogP) is 5.27. The minimum Gasteiger partial charge on any atom is -0.463 e. The molecular formula is C26H40O6. The van der Waals surface area contributed by atoms with Gasteiger partial charge >= 0.3 is 11.9 Å². The van der Waals surface area contributed by atoms with Crippen molar-refractivity contribution in [2.24, 2.45) is 0 Å². The van der Waals surface area contributed by atoms with Crippen LogP contribution in [0.25, 0.3) is 0 Å². The lowest BCUT2D eigenvalue weighted by Gasteiger charge is -2.04. The van der Waals surface area contributed by atoms with Crippen LogP contribution < -0.4 is 0 Å². The highest BCUT2D eigenvalue weighted by atomic mass is 16.6. The molecule has 0 atom stereocenters.